The molecule has 2 rings (SSSR count). The molecule has 116 valence electrons. The van der Waals surface area contributed by atoms with E-state index in [-0.39, 0.29) is 5.91 Å². The van der Waals surface area contributed by atoms with Crippen LogP contribution in [0.25, 0.3) is 0 Å². The number of ether oxygens (including phenoxy) is 1. The summed E-state index contributed by atoms with van der Waals surface area (Å²) in [5.74, 6) is 2.35. The fourth-order valence-electron chi connectivity index (χ4n) is 1.93. The van der Waals surface area contributed by atoms with Gasteiger partial charge in [-0.05, 0) is 37.7 Å². The van der Waals surface area contributed by atoms with Crippen LogP contribution in [0.3, 0.4) is 0 Å². The van der Waals surface area contributed by atoms with Crippen molar-refractivity contribution in [1.82, 2.24) is 5.32 Å². The Balaban J connectivity index is 1.44. The Labute approximate surface area is 131 Å². The van der Waals surface area contributed by atoms with E-state index in [1.807, 2.05) is 0 Å². The average molecular weight is 307 g/mol. The smallest absolute Gasteiger partial charge is 0.230 e. The molecule has 0 spiro atoms. The maximum absolute atomic E-state index is 11.7. The highest BCUT2D eigenvalue weighted by Crippen LogP contribution is 2.28. The van der Waals surface area contributed by atoms with Gasteiger partial charge in [-0.1, -0.05) is 29.8 Å². The first kappa shape index (κ1) is 16.4. The lowest BCUT2D eigenvalue weighted by molar-refractivity contribution is -0.118. The lowest BCUT2D eigenvalue weighted by atomic mass is 10.2. The zero-order chi connectivity index (χ0) is 14.9. The van der Waals surface area contributed by atoms with Crippen LogP contribution in [0.15, 0.2) is 24.3 Å². The van der Waals surface area contributed by atoms with Gasteiger partial charge in [-0.15, -0.1) is 11.8 Å². The van der Waals surface area contributed by atoms with Gasteiger partial charge in [0.25, 0.3) is 0 Å². The summed E-state index contributed by atoms with van der Waals surface area (Å²) in [6.45, 7) is 4.46. The zero-order valence-electron chi connectivity index (χ0n) is 12.8. The van der Waals surface area contributed by atoms with Gasteiger partial charge in [-0.3, -0.25) is 4.79 Å². The van der Waals surface area contributed by atoms with E-state index in [1.165, 1.54) is 24.0 Å². The van der Waals surface area contributed by atoms with E-state index in [2.05, 4.69) is 36.5 Å². The maximum Gasteiger partial charge on any atom is 0.230 e. The number of amides is 1. The van der Waals surface area contributed by atoms with Crippen LogP contribution in [-0.2, 0) is 15.3 Å². The molecule has 1 aliphatic rings. The van der Waals surface area contributed by atoms with Crippen molar-refractivity contribution in [3.05, 3.63) is 35.4 Å². The van der Waals surface area contributed by atoms with Crippen LogP contribution in [0.5, 0.6) is 0 Å². The van der Waals surface area contributed by atoms with Gasteiger partial charge in [0.15, 0.2) is 0 Å². The Bertz CT molecular complexity index is 429. The van der Waals surface area contributed by atoms with Crippen molar-refractivity contribution < 1.29 is 9.53 Å². The van der Waals surface area contributed by atoms with Crippen molar-refractivity contribution in [2.24, 2.45) is 5.92 Å². The molecule has 1 aliphatic carbocycles. The number of hydrogen-bond acceptors (Lipinski definition) is 3. The molecule has 0 bridgehead atoms. The van der Waals surface area contributed by atoms with Gasteiger partial charge in [-0.25, -0.2) is 0 Å². The van der Waals surface area contributed by atoms with Crippen LogP contribution < -0.4 is 5.32 Å². The minimum Gasteiger partial charge on any atom is -0.381 e. The monoisotopic (exact) mass is 307 g/mol. The summed E-state index contributed by atoms with van der Waals surface area (Å²) >= 11 is 1.66. The van der Waals surface area contributed by atoms with Crippen molar-refractivity contribution in [2.45, 2.75) is 31.9 Å². The van der Waals surface area contributed by atoms with Gasteiger partial charge in [0.1, 0.15) is 0 Å². The molecule has 0 unspecified atom stereocenters. The molecule has 0 atom stereocenters. The molecule has 3 nitrogen and oxygen atoms in total. The fraction of sp³-hybridized carbons (Fsp3) is 0.588. The van der Waals surface area contributed by atoms with E-state index in [1.54, 1.807) is 11.8 Å². The second-order valence-corrected chi connectivity index (χ2v) is 6.69. The Morgan fingerprint density at radius 1 is 1.33 bits per heavy atom. The molecule has 0 heterocycles. The minimum absolute atomic E-state index is 0.120. The highest BCUT2D eigenvalue weighted by molar-refractivity contribution is 7.99. The van der Waals surface area contributed by atoms with Gasteiger partial charge < -0.3 is 10.1 Å². The maximum atomic E-state index is 11.7. The summed E-state index contributed by atoms with van der Waals surface area (Å²) in [5.41, 5.74) is 2.54. The zero-order valence-corrected chi connectivity index (χ0v) is 13.6. The van der Waals surface area contributed by atoms with Crippen molar-refractivity contribution in [3.63, 3.8) is 0 Å². The van der Waals surface area contributed by atoms with Crippen molar-refractivity contribution in [1.29, 1.82) is 0 Å². The van der Waals surface area contributed by atoms with E-state index in [4.69, 9.17) is 4.74 Å². The normalized spacial score (nSPS) is 14.1. The summed E-state index contributed by atoms with van der Waals surface area (Å²) in [6, 6.07) is 8.46. The molecule has 21 heavy (non-hydrogen) atoms. The lowest BCUT2D eigenvalue weighted by Crippen LogP contribution is -2.27. The summed E-state index contributed by atoms with van der Waals surface area (Å²) in [4.78, 5) is 11.7. The number of nitrogens with one attached hydrogen (secondary N) is 1. The quantitative estimate of drug-likeness (QED) is 0.675. The third-order valence-electron chi connectivity index (χ3n) is 3.46. The van der Waals surface area contributed by atoms with E-state index in [0.717, 1.165) is 31.3 Å². The summed E-state index contributed by atoms with van der Waals surface area (Å²) in [5, 5.41) is 2.94. The van der Waals surface area contributed by atoms with Gasteiger partial charge in [0, 0.05) is 25.5 Å². The largest absolute Gasteiger partial charge is 0.381 e. The SMILES string of the molecule is Cc1ccc(CSCC(=O)NCCCOCC2CC2)cc1. The standard InChI is InChI=1S/C17H25NO2S/c1-14-3-5-16(6-4-14)12-21-13-17(19)18-9-2-10-20-11-15-7-8-15/h3-6,15H,2,7-13H2,1H3,(H,18,19). The molecule has 1 aromatic rings. The molecule has 0 aliphatic heterocycles. The van der Waals surface area contributed by atoms with E-state index < -0.39 is 0 Å². The third kappa shape index (κ3) is 7.53. The van der Waals surface area contributed by atoms with Gasteiger partial charge in [-0.2, -0.15) is 0 Å². The van der Waals surface area contributed by atoms with Crippen LogP contribution in [0.2, 0.25) is 0 Å². The van der Waals surface area contributed by atoms with Crippen molar-refractivity contribution in [3.8, 4) is 0 Å². The van der Waals surface area contributed by atoms with Crippen LogP contribution >= 0.6 is 11.8 Å². The first-order chi connectivity index (χ1) is 10.2. The molecule has 1 amide bonds. The number of carbonyl (C=O) groups is 1. The Morgan fingerprint density at radius 3 is 2.81 bits per heavy atom. The molecule has 1 fully saturated rings. The van der Waals surface area contributed by atoms with Gasteiger partial charge >= 0.3 is 0 Å². The fourth-order valence-corrected chi connectivity index (χ4v) is 2.75. The third-order valence-corrected chi connectivity index (χ3v) is 4.46. The number of rotatable bonds is 10. The lowest BCUT2D eigenvalue weighted by Gasteiger charge is -2.06. The van der Waals surface area contributed by atoms with E-state index in [0.29, 0.717) is 12.3 Å². The van der Waals surface area contributed by atoms with E-state index >= 15 is 0 Å². The molecule has 0 saturated heterocycles. The number of hydrogen-bond donors (Lipinski definition) is 1. The van der Waals surface area contributed by atoms with Crippen LogP contribution in [0.4, 0.5) is 0 Å². The number of benzene rings is 1. The Kier molecular flexibility index (Phi) is 7.10. The van der Waals surface area contributed by atoms with Crippen LogP contribution in [-0.4, -0.2) is 31.4 Å². The number of carbonyl (C=O) groups excluding carboxylic acids is 1. The Morgan fingerprint density at radius 2 is 2.10 bits per heavy atom. The molecule has 1 N–H and O–H groups in total. The van der Waals surface area contributed by atoms with Crippen LogP contribution in [0, 0.1) is 12.8 Å². The molecule has 1 aromatic carbocycles. The number of thioether (sulfide) groups is 1. The summed E-state index contributed by atoms with van der Waals surface area (Å²) < 4.78 is 5.53. The second-order valence-electron chi connectivity index (χ2n) is 5.70. The number of aryl methyl sites for hydroxylation is 1. The first-order valence-electron chi connectivity index (χ1n) is 7.72. The Hall–Kier alpha value is -1.00. The minimum atomic E-state index is 0.120. The first-order valence-corrected chi connectivity index (χ1v) is 8.87. The van der Waals surface area contributed by atoms with Gasteiger partial charge in [0.05, 0.1) is 5.75 Å². The molecule has 1 saturated carbocycles. The predicted octanol–water partition coefficient (Wildman–Crippen LogP) is 3.16. The molecular weight excluding hydrogens is 282 g/mol. The molecule has 0 aromatic heterocycles. The highest BCUT2D eigenvalue weighted by atomic mass is 32.2. The van der Waals surface area contributed by atoms with Crippen molar-refractivity contribution >= 4 is 17.7 Å². The second kappa shape index (κ2) is 9.11. The molecule has 4 heteroatoms. The molecule has 0 radical (unpaired) electrons. The van der Waals surface area contributed by atoms with Crippen LogP contribution in [0.1, 0.15) is 30.4 Å². The van der Waals surface area contributed by atoms with E-state index in [9.17, 15) is 4.79 Å². The summed E-state index contributed by atoms with van der Waals surface area (Å²) in [7, 11) is 0. The summed E-state index contributed by atoms with van der Waals surface area (Å²) in [6.07, 6.45) is 3.56. The molecular formula is C17H25NO2S. The highest BCUT2D eigenvalue weighted by Gasteiger charge is 2.20. The predicted molar refractivity (Wildman–Crippen MR) is 88.5 cm³/mol. The average Bonchev–Trinajstić information content (AvgIpc) is 3.29. The topological polar surface area (TPSA) is 38.3 Å². The van der Waals surface area contributed by atoms with Gasteiger partial charge in [0.2, 0.25) is 5.91 Å². The van der Waals surface area contributed by atoms with Crippen molar-refractivity contribution in [2.75, 3.05) is 25.5 Å².